The predicted molar refractivity (Wildman–Crippen MR) is 260 cm³/mol. The molecule has 68 heavy (non-hydrogen) atoms. The van der Waals surface area contributed by atoms with Crippen LogP contribution in [0, 0.1) is 0 Å². The van der Waals surface area contributed by atoms with E-state index in [0.717, 1.165) is 120 Å². The maximum atomic E-state index is 13.8. The Morgan fingerprint density at radius 3 is 1.07 bits per heavy atom. The second-order valence-electron chi connectivity index (χ2n) is 18.5. The molecule has 2 aliphatic rings. The molecule has 0 atom stereocenters. The summed E-state index contributed by atoms with van der Waals surface area (Å²) in [6, 6.07) is 52.2. The number of likely N-dealkylation sites (tertiary alicyclic amines) is 2. The quantitative estimate of drug-likeness (QED) is 0.0847. The van der Waals surface area contributed by atoms with E-state index in [2.05, 4.69) is 84.9 Å². The van der Waals surface area contributed by atoms with Crippen molar-refractivity contribution < 1.29 is 35.8 Å². The van der Waals surface area contributed by atoms with E-state index in [1.807, 2.05) is 36.4 Å². The van der Waals surface area contributed by atoms with E-state index in [9.17, 15) is 26.3 Å². The zero-order chi connectivity index (χ0) is 46.9. The van der Waals surface area contributed by atoms with E-state index in [4.69, 9.17) is 9.47 Å². The number of hydrogen-bond acceptors (Lipinski definition) is 2. The van der Waals surface area contributed by atoms with Crippen molar-refractivity contribution >= 4 is 32.9 Å². The Labute approximate surface area is 392 Å². The molecule has 8 aromatic carbocycles. The molecule has 2 heterocycles. The Morgan fingerprint density at radius 2 is 0.721 bits per heavy atom. The third kappa shape index (κ3) is 9.07. The maximum absolute atomic E-state index is 13.8. The summed E-state index contributed by atoms with van der Waals surface area (Å²) < 4.78 is 98.6. The molecule has 0 N–H and O–H groups in total. The SMILES string of the molecule is FC(F)(F)c1ccc(COc2c([N+]3(Cc4ccccc4)CCCC3)cc3ccccc3c2-c2c(OCc3ccc(C(F)(F)F)cc3)c([N+]3(Cc4ccccc4)CCCC3)cc3ccccc23)cc1. The zero-order valence-electron chi connectivity index (χ0n) is 37.6. The van der Waals surface area contributed by atoms with Crippen molar-refractivity contribution in [3.05, 3.63) is 203 Å². The minimum atomic E-state index is -4.49. The van der Waals surface area contributed by atoms with Gasteiger partial charge >= 0.3 is 12.4 Å². The van der Waals surface area contributed by atoms with Gasteiger partial charge in [-0.3, -0.25) is 8.97 Å². The van der Waals surface area contributed by atoms with E-state index >= 15 is 0 Å². The number of alkyl halides is 6. The number of fused-ring (bicyclic) bond motifs is 2. The highest BCUT2D eigenvalue weighted by Gasteiger charge is 2.43. The van der Waals surface area contributed by atoms with Gasteiger partial charge in [0.05, 0.1) is 37.3 Å². The fourth-order valence-electron chi connectivity index (χ4n) is 10.7. The molecular formula is C58H52F6N2O2+2. The lowest BCUT2D eigenvalue weighted by Gasteiger charge is -2.37. The summed E-state index contributed by atoms with van der Waals surface area (Å²) >= 11 is 0. The van der Waals surface area contributed by atoms with Crippen LogP contribution in [0.4, 0.5) is 37.7 Å². The summed E-state index contributed by atoms with van der Waals surface area (Å²) in [6.45, 7) is 4.77. The highest BCUT2D eigenvalue weighted by Crippen LogP contribution is 2.56. The fourth-order valence-corrected chi connectivity index (χ4v) is 10.7. The number of quaternary nitrogens is 2. The highest BCUT2D eigenvalue weighted by atomic mass is 19.4. The van der Waals surface area contributed by atoms with Crippen molar-refractivity contribution in [3.8, 4) is 22.6 Å². The van der Waals surface area contributed by atoms with E-state index in [1.165, 1.54) is 35.4 Å². The number of nitrogens with zero attached hydrogens (tertiary/aromatic N) is 2. The van der Waals surface area contributed by atoms with Crippen LogP contribution in [-0.4, -0.2) is 26.2 Å². The lowest BCUT2D eigenvalue weighted by molar-refractivity contribution is -0.138. The van der Waals surface area contributed by atoms with Crippen LogP contribution in [0.25, 0.3) is 32.7 Å². The molecule has 4 nitrogen and oxygen atoms in total. The Hall–Kier alpha value is -6.62. The van der Waals surface area contributed by atoms with Gasteiger partial charge in [0, 0.05) is 60.1 Å². The lowest BCUT2D eigenvalue weighted by atomic mass is 9.89. The Morgan fingerprint density at radius 1 is 0.382 bits per heavy atom. The first-order chi connectivity index (χ1) is 32.9. The summed E-state index contributed by atoms with van der Waals surface area (Å²) in [5, 5.41) is 3.81. The molecule has 2 aliphatic heterocycles. The first-order valence-electron chi connectivity index (χ1n) is 23.4. The molecule has 0 bridgehead atoms. The first kappa shape index (κ1) is 45.2. The van der Waals surface area contributed by atoms with Crippen LogP contribution in [-0.2, 0) is 38.7 Å². The zero-order valence-corrected chi connectivity index (χ0v) is 37.6. The number of rotatable bonds is 13. The van der Waals surface area contributed by atoms with Crippen LogP contribution < -0.4 is 18.4 Å². The normalized spacial score (nSPS) is 15.8. The van der Waals surface area contributed by atoms with Gasteiger partial charge < -0.3 is 9.47 Å². The summed E-state index contributed by atoms with van der Waals surface area (Å²) in [7, 11) is 0. The fraction of sp³-hybridized carbons (Fsp3) is 0.241. The number of benzene rings is 8. The summed E-state index contributed by atoms with van der Waals surface area (Å²) in [5.41, 5.74) is 5.62. The van der Waals surface area contributed by atoms with E-state index in [0.29, 0.717) is 44.7 Å². The predicted octanol–water partition coefficient (Wildman–Crippen LogP) is 15.5. The van der Waals surface area contributed by atoms with Crippen molar-refractivity contribution in [1.29, 1.82) is 0 Å². The molecule has 0 radical (unpaired) electrons. The molecule has 346 valence electrons. The summed E-state index contributed by atoms with van der Waals surface area (Å²) in [5.74, 6) is 1.25. The van der Waals surface area contributed by atoms with Crippen LogP contribution in [0.2, 0.25) is 0 Å². The van der Waals surface area contributed by atoms with Gasteiger partial charge in [0.1, 0.15) is 26.3 Å². The maximum Gasteiger partial charge on any atom is 0.416 e. The van der Waals surface area contributed by atoms with Gasteiger partial charge in [-0.25, -0.2) is 0 Å². The number of halogens is 6. The number of hydrogen-bond donors (Lipinski definition) is 0. The molecule has 0 aromatic heterocycles. The van der Waals surface area contributed by atoms with Crippen LogP contribution in [0.1, 0.15) is 59.1 Å². The molecule has 10 rings (SSSR count). The van der Waals surface area contributed by atoms with Crippen LogP contribution >= 0.6 is 0 Å². The standard InChI is InChI=1S/C58H52F6N2O2/c59-57(60,61)47-27-23-43(24-28-47)39-67-55-51(65(31-11-12-32-65)37-41-15-3-1-4-16-41)35-45-19-7-9-21-49(45)53(55)54-50-22-10-8-20-46(50)36-52(66(33-13-14-34-66)38-42-17-5-2-6-18-42)56(54)68-40-44-25-29-48(30-26-44)58(62,63)64/h1-10,15-30,35-36H,11-14,31-34,37-40H2/q+2. The Kier molecular flexibility index (Phi) is 12.3. The monoisotopic (exact) mass is 922 g/mol. The van der Waals surface area contributed by atoms with Crippen LogP contribution in [0.3, 0.4) is 0 Å². The summed E-state index contributed by atoms with van der Waals surface area (Å²) in [6.07, 6.45) is -5.00. The second-order valence-corrected chi connectivity index (χ2v) is 18.5. The number of ether oxygens (including phenoxy) is 2. The van der Waals surface area contributed by atoms with Crippen LogP contribution in [0.15, 0.2) is 170 Å². The average molecular weight is 923 g/mol. The van der Waals surface area contributed by atoms with E-state index in [1.54, 1.807) is 0 Å². The molecule has 0 saturated carbocycles. The first-order valence-corrected chi connectivity index (χ1v) is 23.4. The molecule has 0 amide bonds. The van der Waals surface area contributed by atoms with Gasteiger partial charge in [0.25, 0.3) is 0 Å². The molecule has 0 unspecified atom stereocenters. The molecule has 2 fully saturated rings. The molecule has 10 heteroatoms. The average Bonchev–Trinajstić information content (AvgIpc) is 4.03. The van der Waals surface area contributed by atoms with Gasteiger partial charge in [-0.15, -0.1) is 0 Å². The van der Waals surface area contributed by atoms with Gasteiger partial charge in [-0.1, -0.05) is 133 Å². The van der Waals surface area contributed by atoms with Crippen molar-refractivity contribution in [2.75, 3.05) is 26.2 Å². The molecule has 0 aliphatic carbocycles. The van der Waals surface area contributed by atoms with Gasteiger partial charge in [0.15, 0.2) is 22.9 Å². The lowest BCUT2D eigenvalue weighted by Crippen LogP contribution is -2.46. The van der Waals surface area contributed by atoms with E-state index in [-0.39, 0.29) is 13.2 Å². The van der Waals surface area contributed by atoms with E-state index < -0.39 is 23.5 Å². The third-order valence-corrected chi connectivity index (χ3v) is 14.1. The Bertz CT molecular complexity index is 2820. The molecular weight excluding hydrogens is 871 g/mol. The topological polar surface area (TPSA) is 18.5 Å². The van der Waals surface area contributed by atoms with Gasteiger partial charge in [0.2, 0.25) is 0 Å². The summed E-state index contributed by atoms with van der Waals surface area (Å²) in [4.78, 5) is 0. The largest absolute Gasteiger partial charge is 0.482 e. The molecule has 0 spiro atoms. The molecule has 2 saturated heterocycles. The van der Waals surface area contributed by atoms with Crippen molar-refractivity contribution in [2.24, 2.45) is 0 Å². The highest BCUT2D eigenvalue weighted by molar-refractivity contribution is 6.13. The van der Waals surface area contributed by atoms with Crippen molar-refractivity contribution in [3.63, 3.8) is 0 Å². The van der Waals surface area contributed by atoms with Gasteiger partial charge in [-0.05, 0) is 56.9 Å². The van der Waals surface area contributed by atoms with Crippen molar-refractivity contribution in [2.45, 2.75) is 64.3 Å². The third-order valence-electron chi connectivity index (χ3n) is 14.1. The van der Waals surface area contributed by atoms with Gasteiger partial charge in [-0.2, -0.15) is 26.3 Å². The Balaban J connectivity index is 1.26. The minimum absolute atomic E-state index is 0.00477. The second kappa shape index (κ2) is 18.5. The van der Waals surface area contributed by atoms with Crippen LogP contribution in [0.5, 0.6) is 11.5 Å². The molecule has 8 aromatic rings. The smallest absolute Gasteiger partial charge is 0.416 e. The minimum Gasteiger partial charge on any atom is -0.482 e. The van der Waals surface area contributed by atoms with Crippen molar-refractivity contribution in [1.82, 2.24) is 8.97 Å².